The van der Waals surface area contributed by atoms with Gasteiger partial charge in [-0.3, -0.25) is 24.6 Å². The number of carbonyl (C=O) groups is 3. The lowest BCUT2D eigenvalue weighted by molar-refractivity contribution is -0.384. The molecule has 9 nitrogen and oxygen atoms in total. The molecule has 1 aliphatic rings. The van der Waals surface area contributed by atoms with Crippen LogP contribution in [0, 0.1) is 10.1 Å². The van der Waals surface area contributed by atoms with E-state index >= 15 is 0 Å². The van der Waals surface area contributed by atoms with Crippen molar-refractivity contribution < 1.29 is 19.3 Å². The monoisotopic (exact) mass is 396 g/mol. The highest BCUT2D eigenvalue weighted by atomic mass is 16.6. The van der Waals surface area contributed by atoms with Gasteiger partial charge in [0.05, 0.1) is 16.1 Å². The smallest absolute Gasteiger partial charge is 0.319 e. The van der Waals surface area contributed by atoms with Crippen molar-refractivity contribution in [1.29, 1.82) is 0 Å². The van der Waals surface area contributed by atoms with E-state index in [9.17, 15) is 24.5 Å². The molecule has 0 saturated heterocycles. The Hall–Kier alpha value is -3.75. The van der Waals surface area contributed by atoms with Gasteiger partial charge in [0.2, 0.25) is 0 Å². The van der Waals surface area contributed by atoms with E-state index < -0.39 is 16.7 Å². The fourth-order valence-electron chi connectivity index (χ4n) is 3.03. The molecule has 3 rings (SSSR count). The molecular formula is C20H20N4O5. The standard InChI is InChI=1S/C20H20N4O5/c1-2-13-4-6-14(7-5-13)22-20(27)21-10-3-11-23-18(25)16-9-8-15(24(28)29)12-17(16)19(23)26/h4-9,12H,2-3,10-11H2,1H3,(H2,21,22,27). The zero-order chi connectivity index (χ0) is 21.0. The molecule has 29 heavy (non-hydrogen) atoms. The summed E-state index contributed by atoms with van der Waals surface area (Å²) in [6.45, 7) is 2.41. The molecule has 0 radical (unpaired) electrons. The van der Waals surface area contributed by atoms with Crippen molar-refractivity contribution in [2.75, 3.05) is 18.4 Å². The minimum atomic E-state index is -0.612. The van der Waals surface area contributed by atoms with E-state index in [4.69, 9.17) is 0 Å². The Morgan fingerprint density at radius 1 is 1.07 bits per heavy atom. The number of nitrogens with zero attached hydrogens (tertiary/aromatic N) is 2. The first kappa shape index (κ1) is 20.0. The molecule has 0 atom stereocenters. The predicted molar refractivity (Wildman–Crippen MR) is 106 cm³/mol. The Kier molecular flexibility index (Phi) is 5.87. The number of nitro groups is 1. The lowest BCUT2D eigenvalue weighted by atomic mass is 10.1. The highest BCUT2D eigenvalue weighted by Crippen LogP contribution is 2.26. The molecule has 9 heteroatoms. The number of non-ortho nitro benzene ring substituents is 1. The Bertz CT molecular complexity index is 971. The third kappa shape index (κ3) is 4.40. The first-order valence-corrected chi connectivity index (χ1v) is 9.19. The van der Waals surface area contributed by atoms with E-state index in [1.807, 2.05) is 31.2 Å². The van der Waals surface area contributed by atoms with Gasteiger partial charge in [0.15, 0.2) is 0 Å². The van der Waals surface area contributed by atoms with Crippen LogP contribution in [0.5, 0.6) is 0 Å². The van der Waals surface area contributed by atoms with E-state index in [1.54, 1.807) is 0 Å². The Morgan fingerprint density at radius 3 is 2.41 bits per heavy atom. The second-order valence-electron chi connectivity index (χ2n) is 6.53. The second-order valence-corrected chi connectivity index (χ2v) is 6.53. The molecule has 0 aliphatic carbocycles. The number of anilines is 1. The second kappa shape index (κ2) is 8.51. The first-order chi connectivity index (χ1) is 13.9. The Labute approximate surface area is 166 Å². The molecule has 2 aromatic rings. The molecule has 0 unspecified atom stereocenters. The van der Waals surface area contributed by atoms with Crippen LogP contribution in [0.15, 0.2) is 42.5 Å². The molecule has 0 spiro atoms. The van der Waals surface area contributed by atoms with Crippen LogP contribution in [0.2, 0.25) is 0 Å². The van der Waals surface area contributed by atoms with Crippen LogP contribution >= 0.6 is 0 Å². The third-order valence-electron chi connectivity index (χ3n) is 4.63. The van der Waals surface area contributed by atoms with Crippen molar-refractivity contribution >= 4 is 29.2 Å². The van der Waals surface area contributed by atoms with E-state index in [2.05, 4.69) is 10.6 Å². The number of hydrogen-bond donors (Lipinski definition) is 2. The number of amides is 4. The summed E-state index contributed by atoms with van der Waals surface area (Å²) in [6, 6.07) is 10.7. The van der Waals surface area contributed by atoms with Gasteiger partial charge in [0.25, 0.3) is 17.5 Å². The lowest BCUT2D eigenvalue weighted by Crippen LogP contribution is -2.35. The number of benzene rings is 2. The predicted octanol–water partition coefficient (Wildman–Crippen LogP) is 2.97. The molecule has 0 aromatic heterocycles. The van der Waals surface area contributed by atoms with Crippen LogP contribution in [0.25, 0.3) is 0 Å². The zero-order valence-electron chi connectivity index (χ0n) is 15.8. The SMILES string of the molecule is CCc1ccc(NC(=O)NCCCN2C(=O)c3ccc([N+](=O)[O-])cc3C2=O)cc1. The van der Waals surface area contributed by atoms with E-state index in [1.165, 1.54) is 17.7 Å². The number of hydrogen-bond acceptors (Lipinski definition) is 5. The number of urea groups is 1. The molecule has 2 aromatic carbocycles. The summed E-state index contributed by atoms with van der Waals surface area (Å²) in [5, 5.41) is 16.2. The summed E-state index contributed by atoms with van der Waals surface area (Å²) in [7, 11) is 0. The number of carbonyl (C=O) groups excluding carboxylic acids is 3. The van der Waals surface area contributed by atoms with Gasteiger partial charge in [0.1, 0.15) is 0 Å². The normalized spacial score (nSPS) is 12.7. The van der Waals surface area contributed by atoms with Crippen LogP contribution in [-0.2, 0) is 6.42 Å². The van der Waals surface area contributed by atoms with Crippen molar-refractivity contribution in [1.82, 2.24) is 10.2 Å². The molecule has 1 aliphatic heterocycles. The quantitative estimate of drug-likeness (QED) is 0.322. The van der Waals surface area contributed by atoms with Gasteiger partial charge in [0, 0.05) is 30.9 Å². The maximum Gasteiger partial charge on any atom is 0.319 e. The van der Waals surface area contributed by atoms with Crippen molar-refractivity contribution in [3.8, 4) is 0 Å². The summed E-state index contributed by atoms with van der Waals surface area (Å²) < 4.78 is 0. The molecule has 1 heterocycles. The molecule has 2 N–H and O–H groups in total. The maximum atomic E-state index is 12.4. The fraction of sp³-hybridized carbons (Fsp3) is 0.250. The lowest BCUT2D eigenvalue weighted by Gasteiger charge is -2.14. The van der Waals surface area contributed by atoms with Crippen LogP contribution in [0.4, 0.5) is 16.2 Å². The summed E-state index contributed by atoms with van der Waals surface area (Å²) in [5.74, 6) is -1.05. The van der Waals surface area contributed by atoms with Gasteiger partial charge in [-0.2, -0.15) is 0 Å². The molecule has 0 fully saturated rings. The van der Waals surface area contributed by atoms with Crippen molar-refractivity contribution in [3.63, 3.8) is 0 Å². The van der Waals surface area contributed by atoms with Crippen molar-refractivity contribution in [3.05, 3.63) is 69.3 Å². The van der Waals surface area contributed by atoms with Crippen LogP contribution in [0.1, 0.15) is 39.6 Å². The highest BCUT2D eigenvalue weighted by Gasteiger charge is 2.36. The van der Waals surface area contributed by atoms with Gasteiger partial charge in [-0.25, -0.2) is 4.79 Å². The number of imide groups is 1. The average molecular weight is 396 g/mol. The van der Waals surface area contributed by atoms with Gasteiger partial charge >= 0.3 is 6.03 Å². The van der Waals surface area contributed by atoms with Crippen LogP contribution < -0.4 is 10.6 Å². The Morgan fingerprint density at radius 2 is 1.76 bits per heavy atom. The van der Waals surface area contributed by atoms with Gasteiger partial charge in [-0.15, -0.1) is 0 Å². The summed E-state index contributed by atoms with van der Waals surface area (Å²) in [6.07, 6.45) is 1.27. The number of nitrogens with one attached hydrogen (secondary N) is 2. The van der Waals surface area contributed by atoms with E-state index in [-0.39, 0.29) is 35.9 Å². The summed E-state index contributed by atoms with van der Waals surface area (Å²) in [5.41, 5.74) is 1.79. The van der Waals surface area contributed by atoms with Crippen molar-refractivity contribution in [2.24, 2.45) is 0 Å². The number of fused-ring (bicyclic) bond motifs is 1. The minimum absolute atomic E-state index is 0.0328. The molecule has 4 amide bonds. The molecule has 150 valence electrons. The average Bonchev–Trinajstić information content (AvgIpc) is 2.95. The molecule has 0 bridgehead atoms. The van der Waals surface area contributed by atoms with Crippen molar-refractivity contribution in [2.45, 2.75) is 19.8 Å². The zero-order valence-corrected chi connectivity index (χ0v) is 15.8. The highest BCUT2D eigenvalue weighted by molar-refractivity contribution is 6.21. The molecule has 0 saturated carbocycles. The minimum Gasteiger partial charge on any atom is -0.338 e. The number of aryl methyl sites for hydroxylation is 1. The van der Waals surface area contributed by atoms with Crippen LogP contribution in [0.3, 0.4) is 0 Å². The topological polar surface area (TPSA) is 122 Å². The fourth-order valence-corrected chi connectivity index (χ4v) is 3.03. The third-order valence-corrected chi connectivity index (χ3v) is 4.63. The van der Waals surface area contributed by atoms with E-state index in [0.717, 1.165) is 17.4 Å². The first-order valence-electron chi connectivity index (χ1n) is 9.19. The largest absolute Gasteiger partial charge is 0.338 e. The summed E-state index contributed by atoms with van der Waals surface area (Å²) >= 11 is 0. The number of nitro benzene ring substituents is 1. The molecular weight excluding hydrogens is 376 g/mol. The summed E-state index contributed by atoms with van der Waals surface area (Å²) in [4.78, 5) is 48.0. The van der Waals surface area contributed by atoms with Gasteiger partial charge < -0.3 is 10.6 Å². The Balaban J connectivity index is 1.49. The number of rotatable bonds is 7. The van der Waals surface area contributed by atoms with Crippen LogP contribution in [-0.4, -0.2) is 40.8 Å². The van der Waals surface area contributed by atoms with Gasteiger partial charge in [-0.1, -0.05) is 19.1 Å². The maximum absolute atomic E-state index is 12.4. The van der Waals surface area contributed by atoms with E-state index in [0.29, 0.717) is 12.1 Å². The van der Waals surface area contributed by atoms with Gasteiger partial charge in [-0.05, 0) is 36.6 Å².